The van der Waals surface area contributed by atoms with Gasteiger partial charge in [-0.1, -0.05) is 173 Å². The molecular formula is C39H74O. The zero-order valence-electron chi connectivity index (χ0n) is 27.8. The van der Waals surface area contributed by atoms with Gasteiger partial charge in [0.15, 0.2) is 0 Å². The summed E-state index contributed by atoms with van der Waals surface area (Å²) in [6.45, 7) is 4.27. The second-order valence-electron chi connectivity index (χ2n) is 12.6. The highest BCUT2D eigenvalue weighted by Gasteiger charge is 1.98. The van der Waals surface area contributed by atoms with Crippen LogP contribution < -0.4 is 0 Å². The van der Waals surface area contributed by atoms with Gasteiger partial charge in [-0.3, -0.25) is 4.79 Å². The summed E-state index contributed by atoms with van der Waals surface area (Å²) in [6.07, 6.45) is 52.7. The Kier molecular flexibility index (Phi) is 35.4. The second kappa shape index (κ2) is 36.2. The van der Waals surface area contributed by atoms with Gasteiger partial charge >= 0.3 is 0 Å². The molecule has 0 fully saturated rings. The van der Waals surface area contributed by atoms with Gasteiger partial charge in [-0.15, -0.1) is 0 Å². The average molecular weight is 559 g/mol. The number of hydrogen-bond acceptors (Lipinski definition) is 1. The van der Waals surface area contributed by atoms with E-state index in [2.05, 4.69) is 31.2 Å². The molecule has 0 aromatic rings. The molecule has 1 nitrogen and oxygen atoms in total. The van der Waals surface area contributed by atoms with Gasteiger partial charge in [-0.25, -0.2) is 0 Å². The van der Waals surface area contributed by atoms with Crippen LogP contribution >= 0.6 is 0 Å². The van der Waals surface area contributed by atoms with Crippen LogP contribution in [0.2, 0.25) is 0 Å². The summed E-state index contributed by atoms with van der Waals surface area (Å²) in [5.41, 5.74) is 0. The maximum Gasteiger partial charge on any atom is 0.132 e. The average Bonchev–Trinajstić information content (AvgIpc) is 2.97. The van der Waals surface area contributed by atoms with Gasteiger partial charge < -0.3 is 0 Å². The Balaban J connectivity index is 3.16. The van der Waals surface area contributed by atoms with Crippen molar-refractivity contribution in [1.82, 2.24) is 0 Å². The molecule has 0 saturated heterocycles. The Hall–Kier alpha value is -0.850. The topological polar surface area (TPSA) is 17.1 Å². The first-order chi connectivity index (χ1) is 19.8. The Bertz CT molecular complexity index is 531. The Morgan fingerprint density at radius 1 is 0.350 bits per heavy atom. The fraction of sp³-hybridized carbons (Fsp3) is 0.872. The molecule has 0 heterocycles. The van der Waals surface area contributed by atoms with Crippen molar-refractivity contribution >= 4 is 5.78 Å². The van der Waals surface area contributed by atoms with Crippen LogP contribution in [0.3, 0.4) is 0 Å². The van der Waals surface area contributed by atoms with Crippen molar-refractivity contribution in [3.05, 3.63) is 24.3 Å². The number of carbonyl (C=O) groups excluding carboxylic acids is 1. The molecule has 0 aliphatic heterocycles. The van der Waals surface area contributed by atoms with E-state index in [1.54, 1.807) is 0 Å². The highest BCUT2D eigenvalue weighted by atomic mass is 16.1. The van der Waals surface area contributed by atoms with E-state index in [1.807, 2.05) is 6.92 Å². The molecular weight excluding hydrogens is 484 g/mol. The molecule has 0 rings (SSSR count). The first kappa shape index (κ1) is 39.1. The first-order valence-electron chi connectivity index (χ1n) is 18.6. The summed E-state index contributed by atoms with van der Waals surface area (Å²) >= 11 is 0. The molecule has 0 unspecified atom stereocenters. The molecule has 0 aliphatic carbocycles. The van der Waals surface area contributed by atoms with E-state index in [9.17, 15) is 4.79 Å². The predicted octanol–water partition coefficient (Wildman–Crippen LogP) is 14.2. The minimum absolute atomic E-state index is 0.434. The maximum atomic E-state index is 11.3. The standard InChI is InChI=1S/C39H74O/c1-3-5-6-7-8-9-10-11-12-13-14-15-16-17-18-19-20-21-22-23-24-25-26-27-28-29-30-31-32-33-34-35-36-37-38-39(40)4-2/h18-19,25-26H,3-17,20-24,27-38H2,1-2H3/b19-18+,26-25+. The molecule has 0 saturated carbocycles. The lowest BCUT2D eigenvalue weighted by Gasteiger charge is -2.02. The fourth-order valence-electron chi connectivity index (χ4n) is 5.63. The second-order valence-corrected chi connectivity index (χ2v) is 12.6. The van der Waals surface area contributed by atoms with Crippen molar-refractivity contribution in [3.8, 4) is 0 Å². The zero-order chi connectivity index (χ0) is 29.0. The summed E-state index contributed by atoms with van der Waals surface area (Å²) in [4.78, 5) is 11.3. The number of carbonyl (C=O) groups is 1. The summed E-state index contributed by atoms with van der Waals surface area (Å²) in [5.74, 6) is 0.434. The van der Waals surface area contributed by atoms with Gasteiger partial charge in [0, 0.05) is 12.8 Å². The molecule has 0 aromatic carbocycles. The van der Waals surface area contributed by atoms with Crippen molar-refractivity contribution in [2.75, 3.05) is 0 Å². The molecule has 236 valence electrons. The smallest absolute Gasteiger partial charge is 0.132 e. The van der Waals surface area contributed by atoms with Crippen molar-refractivity contribution in [1.29, 1.82) is 0 Å². The molecule has 0 spiro atoms. The Labute approximate surface area is 253 Å². The van der Waals surface area contributed by atoms with E-state index in [1.165, 1.54) is 186 Å². The monoisotopic (exact) mass is 559 g/mol. The van der Waals surface area contributed by atoms with E-state index in [4.69, 9.17) is 0 Å². The predicted molar refractivity (Wildman–Crippen MR) is 182 cm³/mol. The highest BCUT2D eigenvalue weighted by molar-refractivity contribution is 5.77. The summed E-state index contributed by atoms with van der Waals surface area (Å²) in [7, 11) is 0. The number of hydrogen-bond donors (Lipinski definition) is 0. The van der Waals surface area contributed by atoms with Gasteiger partial charge in [0.2, 0.25) is 0 Å². The molecule has 40 heavy (non-hydrogen) atoms. The third-order valence-corrected chi connectivity index (χ3v) is 8.52. The minimum Gasteiger partial charge on any atom is -0.300 e. The van der Waals surface area contributed by atoms with Crippen molar-refractivity contribution in [3.63, 3.8) is 0 Å². The van der Waals surface area contributed by atoms with Crippen molar-refractivity contribution in [2.45, 2.75) is 219 Å². The van der Waals surface area contributed by atoms with Gasteiger partial charge in [-0.2, -0.15) is 0 Å². The number of rotatable bonds is 34. The van der Waals surface area contributed by atoms with Crippen LogP contribution in [0, 0.1) is 0 Å². The summed E-state index contributed by atoms with van der Waals surface area (Å²) in [5, 5.41) is 0. The number of Topliss-reactive ketones (excluding diaryl/α,β-unsaturated/α-hetero) is 1. The van der Waals surface area contributed by atoms with Crippen LogP contribution in [0.5, 0.6) is 0 Å². The lowest BCUT2D eigenvalue weighted by molar-refractivity contribution is -0.118. The third kappa shape index (κ3) is 35.2. The fourth-order valence-corrected chi connectivity index (χ4v) is 5.63. The molecule has 0 aromatic heterocycles. The van der Waals surface area contributed by atoms with Gasteiger partial charge in [0.25, 0.3) is 0 Å². The normalized spacial score (nSPS) is 11.8. The van der Waals surface area contributed by atoms with Crippen LogP contribution in [0.1, 0.15) is 219 Å². The van der Waals surface area contributed by atoms with E-state index in [0.29, 0.717) is 12.2 Å². The largest absolute Gasteiger partial charge is 0.300 e. The van der Waals surface area contributed by atoms with Crippen molar-refractivity contribution < 1.29 is 4.79 Å². The summed E-state index contributed by atoms with van der Waals surface area (Å²) < 4.78 is 0. The zero-order valence-corrected chi connectivity index (χ0v) is 27.8. The lowest BCUT2D eigenvalue weighted by atomic mass is 10.0. The lowest BCUT2D eigenvalue weighted by Crippen LogP contribution is -1.94. The van der Waals surface area contributed by atoms with Gasteiger partial charge in [0.1, 0.15) is 5.78 Å². The van der Waals surface area contributed by atoms with Crippen molar-refractivity contribution in [2.24, 2.45) is 0 Å². The first-order valence-corrected chi connectivity index (χ1v) is 18.6. The van der Waals surface area contributed by atoms with Crippen LogP contribution in [0.4, 0.5) is 0 Å². The number of ketones is 1. The molecule has 0 radical (unpaired) electrons. The highest BCUT2D eigenvalue weighted by Crippen LogP contribution is 2.14. The van der Waals surface area contributed by atoms with Gasteiger partial charge in [0.05, 0.1) is 0 Å². The number of unbranched alkanes of at least 4 members (excludes halogenated alkanes) is 27. The molecule has 0 N–H and O–H groups in total. The summed E-state index contributed by atoms with van der Waals surface area (Å²) in [6, 6.07) is 0. The van der Waals surface area contributed by atoms with E-state index in [-0.39, 0.29) is 0 Å². The Morgan fingerprint density at radius 2 is 0.600 bits per heavy atom. The quantitative estimate of drug-likeness (QED) is 0.0567. The molecule has 0 bridgehead atoms. The SMILES string of the molecule is CCCCCCCCCCCCCCC/C=C/CCCCC/C=C/CCCCCCCCCCCCC(=O)CC. The van der Waals surface area contributed by atoms with E-state index in [0.717, 1.165) is 12.8 Å². The van der Waals surface area contributed by atoms with Crippen LogP contribution in [0.25, 0.3) is 0 Å². The maximum absolute atomic E-state index is 11.3. The number of allylic oxidation sites excluding steroid dienone is 4. The molecule has 1 heteroatoms. The molecule has 0 atom stereocenters. The van der Waals surface area contributed by atoms with Crippen LogP contribution in [-0.2, 0) is 4.79 Å². The van der Waals surface area contributed by atoms with E-state index >= 15 is 0 Å². The van der Waals surface area contributed by atoms with E-state index < -0.39 is 0 Å². The van der Waals surface area contributed by atoms with Crippen LogP contribution in [0.15, 0.2) is 24.3 Å². The minimum atomic E-state index is 0.434. The third-order valence-electron chi connectivity index (χ3n) is 8.52. The molecule has 0 aliphatic rings. The van der Waals surface area contributed by atoms with Gasteiger partial charge in [-0.05, 0) is 57.8 Å². The Morgan fingerprint density at radius 3 is 0.900 bits per heavy atom. The molecule has 0 amide bonds. The van der Waals surface area contributed by atoms with Crippen LogP contribution in [-0.4, -0.2) is 5.78 Å².